The average Bonchev–Trinajstić information content (AvgIpc) is 2.67. The molecule has 0 aliphatic carbocycles. The zero-order valence-corrected chi connectivity index (χ0v) is 21.3. The van der Waals surface area contributed by atoms with E-state index in [1.54, 1.807) is 0 Å². The summed E-state index contributed by atoms with van der Waals surface area (Å²) in [7, 11) is -4.49. The van der Waals surface area contributed by atoms with Gasteiger partial charge in [0.2, 0.25) is 0 Å². The maximum atomic E-state index is 13.8. The van der Waals surface area contributed by atoms with Crippen molar-refractivity contribution in [3.63, 3.8) is 0 Å². The highest BCUT2D eigenvalue weighted by molar-refractivity contribution is 7.84. The summed E-state index contributed by atoms with van der Waals surface area (Å²) in [6.07, 6.45) is 0. The molecule has 176 valence electrons. The van der Waals surface area contributed by atoms with E-state index in [4.69, 9.17) is 9.32 Å². The first-order chi connectivity index (χ1) is 14.7. The van der Waals surface area contributed by atoms with E-state index in [1.807, 2.05) is 44.2 Å². The number of carbonyl (C=O) groups excluding carboxylic acids is 1. The minimum Gasteiger partial charge on any atom is -0.333 e. The molecule has 0 saturated heterocycles. The number of carbonyl (C=O) groups is 1. The third-order valence-electron chi connectivity index (χ3n) is 6.14. The van der Waals surface area contributed by atoms with Crippen molar-refractivity contribution in [1.82, 2.24) is 0 Å². The second kappa shape index (κ2) is 9.75. The van der Waals surface area contributed by atoms with Gasteiger partial charge in [0.1, 0.15) is 5.41 Å². The Kier molecular flexibility index (Phi) is 7.95. The van der Waals surface area contributed by atoms with Crippen LogP contribution in [-0.2, 0) is 24.7 Å². The van der Waals surface area contributed by atoms with Crippen molar-refractivity contribution in [3.8, 4) is 0 Å². The minimum atomic E-state index is -4.49. The number of nitrogens with two attached hydrogens (primary N) is 1. The number of hydrogen-bond acceptors (Lipinski definition) is 4. The lowest BCUT2D eigenvalue weighted by atomic mass is 9.62. The monoisotopic (exact) mass is 459 g/mol. The molecule has 1 atom stereocenters. The Morgan fingerprint density at radius 1 is 0.844 bits per heavy atom. The van der Waals surface area contributed by atoms with Crippen LogP contribution in [-0.4, -0.2) is 14.4 Å². The van der Waals surface area contributed by atoms with Crippen molar-refractivity contribution in [2.24, 2.45) is 11.1 Å². The topological polar surface area (TPSA) is 86.5 Å². The summed E-state index contributed by atoms with van der Waals surface area (Å²) in [5.74, 6) is -0.669. The van der Waals surface area contributed by atoms with Crippen LogP contribution in [0.3, 0.4) is 0 Å². The van der Waals surface area contributed by atoms with Gasteiger partial charge in [-0.05, 0) is 51.5 Å². The average molecular weight is 460 g/mol. The Labute approximate surface area is 193 Å². The molecule has 0 fully saturated rings. The molecule has 6 heteroatoms. The van der Waals surface area contributed by atoms with Gasteiger partial charge >= 0.3 is 16.3 Å². The Hall–Kier alpha value is -2.18. The highest BCUT2D eigenvalue weighted by atomic mass is 32.2. The fourth-order valence-electron chi connectivity index (χ4n) is 4.51. The first-order valence-corrected chi connectivity index (χ1v) is 12.7. The second-order valence-corrected chi connectivity index (χ2v) is 10.9. The Balaban J connectivity index is 3.14. The van der Waals surface area contributed by atoms with Crippen molar-refractivity contribution in [2.45, 2.75) is 78.6 Å². The zero-order valence-electron chi connectivity index (χ0n) is 20.5. The van der Waals surface area contributed by atoms with Gasteiger partial charge in [0.05, 0.1) is 0 Å². The highest BCUT2D eigenvalue weighted by Crippen LogP contribution is 2.48. The smallest absolute Gasteiger partial charge is 0.333 e. The van der Waals surface area contributed by atoms with Gasteiger partial charge in [0, 0.05) is 0 Å². The maximum Gasteiger partial charge on any atom is 0.382 e. The summed E-state index contributed by atoms with van der Waals surface area (Å²) in [6.45, 7) is 16.5. The first kappa shape index (κ1) is 26.1. The minimum absolute atomic E-state index is 0.102. The predicted octanol–water partition coefficient (Wildman–Crippen LogP) is 5.75. The molecule has 0 amide bonds. The number of rotatable bonds is 8. The Morgan fingerprint density at radius 3 is 1.66 bits per heavy atom. The van der Waals surface area contributed by atoms with Crippen molar-refractivity contribution in [3.05, 3.63) is 70.3 Å². The number of benzene rings is 2. The highest BCUT2D eigenvalue weighted by Gasteiger charge is 2.50. The van der Waals surface area contributed by atoms with Gasteiger partial charge in [-0.3, -0.25) is 0 Å². The molecule has 2 aromatic carbocycles. The van der Waals surface area contributed by atoms with Crippen LogP contribution in [0.15, 0.2) is 42.5 Å². The van der Waals surface area contributed by atoms with Crippen LogP contribution in [0.25, 0.3) is 0 Å². The van der Waals surface area contributed by atoms with Crippen molar-refractivity contribution < 1.29 is 17.4 Å². The molecule has 32 heavy (non-hydrogen) atoms. The summed E-state index contributed by atoms with van der Waals surface area (Å²) in [6, 6.07) is 13.6. The quantitative estimate of drug-likeness (QED) is 0.545. The summed E-state index contributed by atoms with van der Waals surface area (Å²) >= 11 is 0. The Bertz CT molecular complexity index is 1030. The van der Waals surface area contributed by atoms with Crippen molar-refractivity contribution in [2.75, 3.05) is 0 Å². The largest absolute Gasteiger partial charge is 0.382 e. The normalized spacial score (nSPS) is 14.3. The molecule has 0 aromatic heterocycles. The summed E-state index contributed by atoms with van der Waals surface area (Å²) in [4.78, 5) is 13.8. The van der Waals surface area contributed by atoms with Gasteiger partial charge in [-0.15, -0.1) is 0 Å². The van der Waals surface area contributed by atoms with Gasteiger partial charge in [-0.2, -0.15) is 13.6 Å². The molecule has 2 rings (SSSR count). The Morgan fingerprint density at radius 2 is 1.31 bits per heavy atom. The van der Waals surface area contributed by atoms with E-state index in [-0.39, 0.29) is 17.8 Å². The third kappa shape index (κ3) is 5.07. The molecule has 5 nitrogen and oxygen atoms in total. The maximum absolute atomic E-state index is 13.8. The zero-order chi connectivity index (χ0) is 24.4. The standard InChI is InChI=1S/C26H37NO4S/c1-16(2)20-14-22(17(3)4)24(23(15-20)18(5)6)26(19(7)8,21-12-10-9-11-13-21)25(28)31-32(27,29)30/h9-19H,1-8H3,(H2,27,29,30). The molecular weight excluding hydrogens is 422 g/mol. The van der Waals surface area contributed by atoms with Gasteiger partial charge in [-0.25, -0.2) is 4.79 Å². The van der Waals surface area contributed by atoms with Crippen molar-refractivity contribution >= 4 is 16.3 Å². The van der Waals surface area contributed by atoms with Crippen molar-refractivity contribution in [1.29, 1.82) is 0 Å². The molecular formula is C26H37NO4S. The fraction of sp³-hybridized carbons (Fsp3) is 0.500. The molecule has 0 spiro atoms. The van der Waals surface area contributed by atoms with Gasteiger partial charge in [0.15, 0.2) is 0 Å². The van der Waals surface area contributed by atoms with E-state index in [0.717, 1.165) is 16.7 Å². The molecule has 0 bridgehead atoms. The lowest BCUT2D eigenvalue weighted by Gasteiger charge is -2.40. The molecule has 0 radical (unpaired) electrons. The molecule has 0 heterocycles. The van der Waals surface area contributed by atoms with Crippen LogP contribution in [0.2, 0.25) is 0 Å². The second-order valence-electron chi connectivity index (χ2n) is 9.73. The molecule has 2 N–H and O–H groups in total. The molecule has 2 aromatic rings. The lowest BCUT2D eigenvalue weighted by Crippen LogP contribution is -2.46. The number of hydrogen-bond donors (Lipinski definition) is 1. The van der Waals surface area contributed by atoms with E-state index >= 15 is 0 Å². The van der Waals surface area contributed by atoms with E-state index in [1.165, 1.54) is 5.56 Å². The lowest BCUT2D eigenvalue weighted by molar-refractivity contribution is -0.140. The van der Waals surface area contributed by atoms with Crippen LogP contribution in [0.5, 0.6) is 0 Å². The van der Waals surface area contributed by atoms with Gasteiger partial charge in [0.25, 0.3) is 0 Å². The fourth-order valence-corrected chi connectivity index (χ4v) is 4.85. The molecule has 0 saturated carbocycles. The predicted molar refractivity (Wildman–Crippen MR) is 130 cm³/mol. The van der Waals surface area contributed by atoms with Gasteiger partial charge < -0.3 is 4.18 Å². The van der Waals surface area contributed by atoms with Crippen LogP contribution in [0.4, 0.5) is 0 Å². The van der Waals surface area contributed by atoms with E-state index < -0.39 is 21.7 Å². The SMILES string of the molecule is CC(C)c1cc(C(C)C)c(C(C(=O)OS(N)(=O)=O)(c2ccccc2)C(C)C)c(C(C)C)c1. The van der Waals surface area contributed by atoms with E-state index in [2.05, 4.69) is 53.7 Å². The van der Waals surface area contributed by atoms with E-state index in [9.17, 15) is 13.2 Å². The summed E-state index contributed by atoms with van der Waals surface area (Å²) < 4.78 is 28.7. The van der Waals surface area contributed by atoms with Crippen LogP contribution >= 0.6 is 0 Å². The molecule has 0 aliphatic rings. The molecule has 1 unspecified atom stereocenters. The molecule has 0 aliphatic heterocycles. The summed E-state index contributed by atoms with van der Waals surface area (Å²) in [5.41, 5.74) is 3.38. The first-order valence-electron chi connectivity index (χ1n) is 11.2. The summed E-state index contributed by atoms with van der Waals surface area (Å²) in [5, 5.41) is 5.18. The van der Waals surface area contributed by atoms with Crippen LogP contribution in [0.1, 0.15) is 101 Å². The van der Waals surface area contributed by atoms with Crippen LogP contribution in [0, 0.1) is 5.92 Å². The van der Waals surface area contributed by atoms with Crippen LogP contribution < -0.4 is 5.14 Å². The van der Waals surface area contributed by atoms with E-state index in [0.29, 0.717) is 11.5 Å². The van der Waals surface area contributed by atoms with Gasteiger partial charge in [-0.1, -0.05) is 97.9 Å². The third-order valence-corrected chi connectivity index (χ3v) is 6.52.